The van der Waals surface area contributed by atoms with E-state index in [4.69, 9.17) is 9.47 Å². The minimum Gasteiger partial charge on any atom is -0.490 e. The second kappa shape index (κ2) is 9.23. The highest BCUT2D eigenvalue weighted by atomic mass is 32.1. The summed E-state index contributed by atoms with van der Waals surface area (Å²) < 4.78 is 13.0. The maximum Gasteiger partial charge on any atom is 0.251 e. The van der Waals surface area contributed by atoms with E-state index < -0.39 is 0 Å². The molecule has 0 aliphatic carbocycles. The van der Waals surface area contributed by atoms with Crippen LogP contribution in [0.3, 0.4) is 0 Å². The van der Waals surface area contributed by atoms with Crippen LogP contribution < -0.4 is 14.8 Å². The molecule has 3 rings (SSSR count). The Kier molecular flexibility index (Phi) is 6.49. The maximum absolute atomic E-state index is 12.7. The van der Waals surface area contributed by atoms with E-state index in [0.717, 1.165) is 4.88 Å². The molecule has 1 aromatic carbocycles. The van der Waals surface area contributed by atoms with Gasteiger partial charge in [-0.25, -0.2) is 0 Å². The fourth-order valence-electron chi connectivity index (χ4n) is 2.75. The van der Waals surface area contributed by atoms with Crippen molar-refractivity contribution in [1.82, 2.24) is 15.1 Å². The topological polar surface area (TPSA) is 65.4 Å². The Labute approximate surface area is 162 Å². The molecule has 27 heavy (non-hydrogen) atoms. The van der Waals surface area contributed by atoms with Gasteiger partial charge in [-0.15, -0.1) is 11.3 Å². The molecule has 0 radical (unpaired) electrons. The van der Waals surface area contributed by atoms with Gasteiger partial charge in [0.1, 0.15) is 6.04 Å². The lowest BCUT2D eigenvalue weighted by Gasteiger charge is -2.17. The Morgan fingerprint density at radius 2 is 2.00 bits per heavy atom. The van der Waals surface area contributed by atoms with Gasteiger partial charge in [0.05, 0.1) is 13.2 Å². The summed E-state index contributed by atoms with van der Waals surface area (Å²) in [7, 11) is 0. The van der Waals surface area contributed by atoms with Gasteiger partial charge < -0.3 is 14.8 Å². The van der Waals surface area contributed by atoms with Crippen LogP contribution in [0.5, 0.6) is 11.5 Å². The van der Waals surface area contributed by atoms with Crippen molar-refractivity contribution in [3.05, 3.63) is 64.6 Å². The number of ether oxygens (including phenoxy) is 2. The number of benzene rings is 1. The molecule has 0 saturated heterocycles. The monoisotopic (exact) mass is 385 g/mol. The molecule has 7 heteroatoms. The molecule has 0 saturated carbocycles. The number of hydrogen-bond acceptors (Lipinski definition) is 5. The second-order valence-corrected chi connectivity index (χ2v) is 6.73. The van der Waals surface area contributed by atoms with Gasteiger partial charge in [-0.2, -0.15) is 5.10 Å². The molecule has 2 aromatic heterocycles. The van der Waals surface area contributed by atoms with Crippen molar-refractivity contribution < 1.29 is 14.3 Å². The second-order valence-electron chi connectivity index (χ2n) is 5.75. The Hall–Kier alpha value is -2.80. The summed E-state index contributed by atoms with van der Waals surface area (Å²) in [5.74, 6) is 1.06. The zero-order valence-electron chi connectivity index (χ0n) is 15.4. The largest absolute Gasteiger partial charge is 0.490 e. The number of carbonyl (C=O) groups excluding carboxylic acids is 1. The molecule has 142 valence electrons. The molecular formula is C20H23N3O3S. The summed E-state index contributed by atoms with van der Waals surface area (Å²) in [5, 5.41) is 9.36. The van der Waals surface area contributed by atoms with E-state index in [2.05, 4.69) is 10.4 Å². The van der Waals surface area contributed by atoms with Crippen molar-refractivity contribution in [3.8, 4) is 11.5 Å². The molecule has 3 aromatic rings. The van der Waals surface area contributed by atoms with Gasteiger partial charge in [0.2, 0.25) is 0 Å². The number of rotatable bonds is 9. The first-order chi connectivity index (χ1) is 13.2. The molecule has 0 aliphatic rings. The van der Waals surface area contributed by atoms with E-state index in [1.54, 1.807) is 35.7 Å². The average Bonchev–Trinajstić information content (AvgIpc) is 3.38. The first kappa shape index (κ1) is 19.0. The van der Waals surface area contributed by atoms with Gasteiger partial charge in [-0.1, -0.05) is 6.07 Å². The van der Waals surface area contributed by atoms with Crippen molar-refractivity contribution in [2.24, 2.45) is 0 Å². The number of thiophene rings is 1. The molecule has 1 atom stereocenters. The highest BCUT2D eigenvalue weighted by Gasteiger charge is 2.18. The minimum atomic E-state index is -0.160. The zero-order valence-corrected chi connectivity index (χ0v) is 16.2. The predicted molar refractivity (Wildman–Crippen MR) is 106 cm³/mol. The summed E-state index contributed by atoms with van der Waals surface area (Å²) in [6, 6.07) is 11.1. The SMILES string of the molecule is CCOc1ccc(C(=O)NCC(c2cccs2)n2cccn2)cc1OCC. The molecule has 0 aliphatic heterocycles. The zero-order chi connectivity index (χ0) is 19.1. The Morgan fingerprint density at radius 1 is 1.19 bits per heavy atom. The molecule has 1 unspecified atom stereocenters. The van der Waals surface area contributed by atoms with E-state index in [0.29, 0.717) is 36.8 Å². The van der Waals surface area contributed by atoms with E-state index in [-0.39, 0.29) is 11.9 Å². The number of amides is 1. The third-order valence-corrected chi connectivity index (χ3v) is 4.95. The van der Waals surface area contributed by atoms with Gasteiger partial charge >= 0.3 is 0 Å². The molecule has 2 heterocycles. The highest BCUT2D eigenvalue weighted by Crippen LogP contribution is 2.28. The Bertz CT molecular complexity index is 813. The quantitative estimate of drug-likeness (QED) is 0.609. The molecule has 0 spiro atoms. The Morgan fingerprint density at radius 3 is 2.67 bits per heavy atom. The van der Waals surface area contributed by atoms with Crippen LogP contribution in [0.1, 0.15) is 35.1 Å². The fourth-order valence-corrected chi connectivity index (χ4v) is 3.57. The van der Waals surface area contributed by atoms with Crippen LogP contribution in [-0.4, -0.2) is 35.4 Å². The normalized spacial score (nSPS) is 11.8. The number of nitrogens with one attached hydrogen (secondary N) is 1. The number of aromatic nitrogens is 2. The van der Waals surface area contributed by atoms with Crippen molar-refractivity contribution in [1.29, 1.82) is 0 Å². The maximum atomic E-state index is 12.7. The highest BCUT2D eigenvalue weighted by molar-refractivity contribution is 7.10. The van der Waals surface area contributed by atoms with E-state index in [1.165, 1.54) is 0 Å². The third-order valence-electron chi connectivity index (χ3n) is 3.98. The van der Waals surface area contributed by atoms with Crippen molar-refractivity contribution in [2.45, 2.75) is 19.9 Å². The third kappa shape index (κ3) is 4.68. The van der Waals surface area contributed by atoms with Crippen LogP contribution in [0, 0.1) is 0 Å². The number of hydrogen-bond donors (Lipinski definition) is 1. The van der Waals surface area contributed by atoms with Crippen molar-refractivity contribution in [2.75, 3.05) is 19.8 Å². The van der Waals surface area contributed by atoms with Gasteiger partial charge in [-0.05, 0) is 49.6 Å². The van der Waals surface area contributed by atoms with Gasteiger partial charge in [-0.3, -0.25) is 9.48 Å². The van der Waals surface area contributed by atoms with E-state index in [1.807, 2.05) is 48.3 Å². The van der Waals surface area contributed by atoms with Crippen molar-refractivity contribution >= 4 is 17.2 Å². The molecule has 6 nitrogen and oxygen atoms in total. The van der Waals surface area contributed by atoms with E-state index in [9.17, 15) is 4.79 Å². The lowest BCUT2D eigenvalue weighted by Crippen LogP contribution is -2.31. The molecule has 0 bridgehead atoms. The fraction of sp³-hybridized carbons (Fsp3) is 0.300. The van der Waals surface area contributed by atoms with Crippen LogP contribution in [-0.2, 0) is 0 Å². The van der Waals surface area contributed by atoms with Gasteiger partial charge in [0, 0.05) is 29.4 Å². The lowest BCUT2D eigenvalue weighted by molar-refractivity contribution is 0.0949. The van der Waals surface area contributed by atoms with Crippen LogP contribution in [0.2, 0.25) is 0 Å². The first-order valence-corrected chi connectivity index (χ1v) is 9.81. The van der Waals surface area contributed by atoms with Crippen LogP contribution >= 0.6 is 11.3 Å². The van der Waals surface area contributed by atoms with Crippen LogP contribution in [0.15, 0.2) is 54.2 Å². The lowest BCUT2D eigenvalue weighted by atomic mass is 10.1. The predicted octanol–water partition coefficient (Wildman–Crippen LogP) is 3.76. The molecular weight excluding hydrogens is 362 g/mol. The summed E-state index contributed by atoms with van der Waals surface area (Å²) in [4.78, 5) is 13.8. The Balaban J connectivity index is 1.73. The van der Waals surface area contributed by atoms with Gasteiger partial charge in [0.25, 0.3) is 5.91 Å². The standard InChI is InChI=1S/C20H23N3O3S/c1-3-25-17-9-8-15(13-18(17)26-4-2)20(24)21-14-16(19-7-5-12-27-19)23-11-6-10-22-23/h5-13,16H,3-4,14H2,1-2H3,(H,21,24). The first-order valence-electron chi connectivity index (χ1n) is 8.93. The van der Waals surface area contributed by atoms with Crippen molar-refractivity contribution in [3.63, 3.8) is 0 Å². The molecule has 1 amide bonds. The number of carbonyl (C=O) groups is 1. The average molecular weight is 385 g/mol. The summed E-state index contributed by atoms with van der Waals surface area (Å²) >= 11 is 1.64. The summed E-state index contributed by atoms with van der Waals surface area (Å²) in [6.07, 6.45) is 3.64. The van der Waals surface area contributed by atoms with Crippen LogP contribution in [0.4, 0.5) is 0 Å². The van der Waals surface area contributed by atoms with Gasteiger partial charge in [0.15, 0.2) is 11.5 Å². The molecule has 0 fully saturated rings. The minimum absolute atomic E-state index is 0.0435. The summed E-state index contributed by atoms with van der Waals surface area (Å²) in [6.45, 7) is 5.30. The summed E-state index contributed by atoms with van der Waals surface area (Å²) in [5.41, 5.74) is 0.535. The van der Waals surface area contributed by atoms with Crippen LogP contribution in [0.25, 0.3) is 0 Å². The van der Waals surface area contributed by atoms with E-state index >= 15 is 0 Å². The molecule has 1 N–H and O–H groups in total. The number of nitrogens with zero attached hydrogens (tertiary/aromatic N) is 2. The smallest absolute Gasteiger partial charge is 0.251 e.